The van der Waals surface area contributed by atoms with E-state index < -0.39 is 0 Å². The molecular formula is C16H21N3O. The van der Waals surface area contributed by atoms with Crippen molar-refractivity contribution in [2.75, 3.05) is 6.54 Å². The molecule has 1 aromatic heterocycles. The van der Waals surface area contributed by atoms with Crippen LogP contribution in [0.1, 0.15) is 40.8 Å². The molecule has 2 aromatic rings. The summed E-state index contributed by atoms with van der Waals surface area (Å²) >= 11 is 0. The van der Waals surface area contributed by atoms with E-state index in [1.165, 1.54) is 0 Å². The van der Waals surface area contributed by atoms with Gasteiger partial charge < -0.3 is 10.3 Å². The molecule has 0 fully saturated rings. The van der Waals surface area contributed by atoms with Crippen molar-refractivity contribution < 1.29 is 4.79 Å². The zero-order chi connectivity index (χ0) is 14.7. The highest BCUT2D eigenvalue weighted by Gasteiger charge is 2.13. The van der Waals surface area contributed by atoms with Gasteiger partial charge >= 0.3 is 0 Å². The molecule has 0 aliphatic rings. The van der Waals surface area contributed by atoms with E-state index in [2.05, 4.69) is 15.3 Å². The molecule has 4 heteroatoms. The molecule has 2 rings (SSSR count). The molecule has 0 spiro atoms. The van der Waals surface area contributed by atoms with Gasteiger partial charge in [-0.25, -0.2) is 4.98 Å². The molecule has 20 heavy (non-hydrogen) atoms. The monoisotopic (exact) mass is 271 g/mol. The number of amides is 1. The lowest BCUT2D eigenvalue weighted by atomic mass is 10.0. The molecule has 0 aliphatic carbocycles. The molecule has 0 saturated carbocycles. The van der Waals surface area contributed by atoms with Crippen LogP contribution in [0, 0.1) is 20.8 Å². The third-order valence-corrected chi connectivity index (χ3v) is 3.29. The predicted molar refractivity (Wildman–Crippen MR) is 80.9 cm³/mol. The number of carbonyl (C=O) groups excluding carboxylic acids is 1. The van der Waals surface area contributed by atoms with E-state index >= 15 is 0 Å². The van der Waals surface area contributed by atoms with Crippen molar-refractivity contribution in [3.05, 3.63) is 40.8 Å². The summed E-state index contributed by atoms with van der Waals surface area (Å²) in [6.07, 6.45) is 0.933. The first-order valence-corrected chi connectivity index (χ1v) is 6.95. The number of benzene rings is 1. The molecule has 0 atom stereocenters. The molecule has 1 heterocycles. The minimum Gasteiger partial charge on any atom is -0.352 e. The summed E-state index contributed by atoms with van der Waals surface area (Å²) in [7, 11) is 0. The maximum Gasteiger partial charge on any atom is 0.251 e. The summed E-state index contributed by atoms with van der Waals surface area (Å²) in [5.74, 6) is 0.857. The van der Waals surface area contributed by atoms with Crippen molar-refractivity contribution >= 4 is 5.91 Å². The Morgan fingerprint density at radius 3 is 2.65 bits per heavy atom. The SMILES string of the molecule is CCCNC(=O)c1ccc(C)c(-c2nc(C)[nH]c2C)c1. The molecule has 1 amide bonds. The quantitative estimate of drug-likeness (QED) is 0.897. The Balaban J connectivity index is 2.39. The average molecular weight is 271 g/mol. The van der Waals surface area contributed by atoms with Gasteiger partial charge in [0.15, 0.2) is 0 Å². The van der Waals surface area contributed by atoms with Crippen LogP contribution in [0.25, 0.3) is 11.3 Å². The first kappa shape index (κ1) is 14.3. The second kappa shape index (κ2) is 5.90. The van der Waals surface area contributed by atoms with Crippen molar-refractivity contribution in [2.24, 2.45) is 0 Å². The molecule has 0 unspecified atom stereocenters. The number of imidazole rings is 1. The highest BCUT2D eigenvalue weighted by atomic mass is 16.1. The molecule has 106 valence electrons. The van der Waals surface area contributed by atoms with Crippen LogP contribution >= 0.6 is 0 Å². The van der Waals surface area contributed by atoms with Gasteiger partial charge in [0.1, 0.15) is 5.82 Å². The predicted octanol–water partition coefficient (Wildman–Crippen LogP) is 3.14. The van der Waals surface area contributed by atoms with E-state index in [1.54, 1.807) is 0 Å². The fourth-order valence-electron chi connectivity index (χ4n) is 2.23. The lowest BCUT2D eigenvalue weighted by Gasteiger charge is -2.08. The van der Waals surface area contributed by atoms with Gasteiger partial charge in [-0.3, -0.25) is 4.79 Å². The Bertz CT molecular complexity index is 629. The summed E-state index contributed by atoms with van der Waals surface area (Å²) in [6, 6.07) is 5.75. The number of aromatic nitrogens is 2. The molecular weight excluding hydrogens is 250 g/mol. The van der Waals surface area contributed by atoms with Gasteiger partial charge in [-0.05, 0) is 44.9 Å². The van der Waals surface area contributed by atoms with Gasteiger partial charge in [0.05, 0.1) is 5.69 Å². The lowest BCUT2D eigenvalue weighted by Crippen LogP contribution is -2.23. The number of aryl methyl sites for hydroxylation is 3. The van der Waals surface area contributed by atoms with E-state index in [0.717, 1.165) is 34.8 Å². The highest BCUT2D eigenvalue weighted by Crippen LogP contribution is 2.25. The van der Waals surface area contributed by atoms with Crippen LogP contribution in [0.2, 0.25) is 0 Å². The molecule has 1 aromatic carbocycles. The van der Waals surface area contributed by atoms with E-state index in [4.69, 9.17) is 0 Å². The van der Waals surface area contributed by atoms with E-state index in [-0.39, 0.29) is 5.91 Å². The first-order valence-electron chi connectivity index (χ1n) is 6.95. The van der Waals surface area contributed by atoms with Crippen LogP contribution in [0.5, 0.6) is 0 Å². The van der Waals surface area contributed by atoms with Gasteiger partial charge in [0.25, 0.3) is 5.91 Å². The van der Waals surface area contributed by atoms with Crippen LogP contribution in [-0.4, -0.2) is 22.4 Å². The van der Waals surface area contributed by atoms with E-state index in [1.807, 2.05) is 45.9 Å². The molecule has 4 nitrogen and oxygen atoms in total. The normalized spacial score (nSPS) is 10.6. The Labute approximate surface area is 119 Å². The largest absolute Gasteiger partial charge is 0.352 e. The van der Waals surface area contributed by atoms with Gasteiger partial charge in [-0.2, -0.15) is 0 Å². The second-order valence-electron chi connectivity index (χ2n) is 5.08. The Morgan fingerprint density at radius 2 is 2.05 bits per heavy atom. The van der Waals surface area contributed by atoms with Crippen molar-refractivity contribution in [3.8, 4) is 11.3 Å². The van der Waals surface area contributed by atoms with E-state index in [9.17, 15) is 4.79 Å². The maximum atomic E-state index is 12.0. The number of rotatable bonds is 4. The number of aromatic amines is 1. The number of nitrogens with zero attached hydrogens (tertiary/aromatic N) is 1. The number of nitrogens with one attached hydrogen (secondary N) is 2. The van der Waals surface area contributed by atoms with Gasteiger partial charge in [0, 0.05) is 23.4 Å². The average Bonchev–Trinajstić information content (AvgIpc) is 2.75. The highest BCUT2D eigenvalue weighted by molar-refractivity contribution is 5.95. The van der Waals surface area contributed by atoms with Crippen molar-refractivity contribution in [1.29, 1.82) is 0 Å². The second-order valence-corrected chi connectivity index (χ2v) is 5.08. The summed E-state index contributed by atoms with van der Waals surface area (Å²) < 4.78 is 0. The van der Waals surface area contributed by atoms with Crippen molar-refractivity contribution in [1.82, 2.24) is 15.3 Å². The maximum absolute atomic E-state index is 12.0. The van der Waals surface area contributed by atoms with Gasteiger partial charge in [-0.1, -0.05) is 13.0 Å². The summed E-state index contributed by atoms with van der Waals surface area (Å²) in [6.45, 7) is 8.70. The first-order chi connectivity index (χ1) is 9.52. The number of hydrogen-bond acceptors (Lipinski definition) is 2. The Morgan fingerprint density at radius 1 is 1.30 bits per heavy atom. The number of carbonyl (C=O) groups is 1. The fraction of sp³-hybridized carbons (Fsp3) is 0.375. The summed E-state index contributed by atoms with van der Waals surface area (Å²) in [5.41, 5.74) is 4.75. The third kappa shape index (κ3) is 2.90. The van der Waals surface area contributed by atoms with Crippen LogP contribution in [0.15, 0.2) is 18.2 Å². The topological polar surface area (TPSA) is 57.8 Å². The minimum atomic E-state index is -0.0296. The molecule has 0 bridgehead atoms. The lowest BCUT2D eigenvalue weighted by molar-refractivity contribution is 0.0953. The summed E-state index contributed by atoms with van der Waals surface area (Å²) in [5, 5.41) is 2.90. The Kier molecular flexibility index (Phi) is 4.23. The van der Waals surface area contributed by atoms with Gasteiger partial charge in [0.2, 0.25) is 0 Å². The summed E-state index contributed by atoms with van der Waals surface area (Å²) in [4.78, 5) is 19.8. The Hall–Kier alpha value is -2.10. The smallest absolute Gasteiger partial charge is 0.251 e. The molecule has 2 N–H and O–H groups in total. The molecule has 0 saturated heterocycles. The molecule has 0 radical (unpaired) electrons. The van der Waals surface area contributed by atoms with Crippen LogP contribution in [0.3, 0.4) is 0 Å². The standard InChI is InChI=1S/C16H21N3O/c1-5-8-17-16(20)13-7-6-10(2)14(9-13)15-11(3)18-12(4)19-15/h6-7,9H,5,8H2,1-4H3,(H,17,20)(H,18,19). The number of hydrogen-bond donors (Lipinski definition) is 2. The third-order valence-electron chi connectivity index (χ3n) is 3.29. The van der Waals surface area contributed by atoms with Crippen LogP contribution in [0.4, 0.5) is 0 Å². The zero-order valence-corrected chi connectivity index (χ0v) is 12.5. The van der Waals surface area contributed by atoms with Gasteiger partial charge in [-0.15, -0.1) is 0 Å². The number of H-pyrrole nitrogens is 1. The van der Waals surface area contributed by atoms with Crippen LogP contribution in [-0.2, 0) is 0 Å². The van der Waals surface area contributed by atoms with Crippen LogP contribution < -0.4 is 5.32 Å². The van der Waals surface area contributed by atoms with Crippen molar-refractivity contribution in [3.63, 3.8) is 0 Å². The minimum absolute atomic E-state index is 0.0296. The van der Waals surface area contributed by atoms with E-state index in [0.29, 0.717) is 12.1 Å². The zero-order valence-electron chi connectivity index (χ0n) is 12.5. The fourth-order valence-corrected chi connectivity index (χ4v) is 2.23. The molecule has 0 aliphatic heterocycles. The van der Waals surface area contributed by atoms with Crippen molar-refractivity contribution in [2.45, 2.75) is 34.1 Å².